The number of halogens is 4. The van der Waals surface area contributed by atoms with Crippen molar-refractivity contribution < 1.29 is 23.1 Å². The first-order valence-corrected chi connectivity index (χ1v) is 15.7. The Kier molecular flexibility index (Phi) is 7.85. The van der Waals surface area contributed by atoms with Crippen LogP contribution in [0.25, 0.3) is 27.7 Å². The lowest BCUT2D eigenvalue weighted by Crippen LogP contribution is -2.60. The molecular weight excluding hydrogens is 627 g/mol. The van der Waals surface area contributed by atoms with E-state index in [-0.39, 0.29) is 64.4 Å². The summed E-state index contributed by atoms with van der Waals surface area (Å²) >= 11 is 8.10. The fourth-order valence-electron chi connectivity index (χ4n) is 6.24. The molecule has 0 radical (unpaired) electrons. The third-order valence-corrected chi connectivity index (χ3v) is 9.98. The van der Waals surface area contributed by atoms with Crippen molar-refractivity contribution in [2.75, 3.05) is 23.7 Å². The summed E-state index contributed by atoms with van der Waals surface area (Å²) in [6.07, 6.45) is 2.85. The van der Waals surface area contributed by atoms with Crippen LogP contribution in [0.4, 0.5) is 19.0 Å². The van der Waals surface area contributed by atoms with E-state index in [0.29, 0.717) is 16.9 Å². The van der Waals surface area contributed by atoms with Gasteiger partial charge in [-0.05, 0) is 49.6 Å². The average molecular weight is 656 g/mol. The summed E-state index contributed by atoms with van der Waals surface area (Å²) in [5, 5.41) is 10.5. The second-order valence-corrected chi connectivity index (χ2v) is 13.0. The standard InChI is InChI=1S/C32H29ClF3N5O3S/c1-6-20(43)39-12-17-13-45-30-23-29(24(33)22(26(30)36)21-19(42)8-7-18(34)25(21)35)41(28-15(4)9-10-37-27(28)14(2)3)32(44)38-31(23)40(17)11-16(39)5/h6-10,14,16-17,42H,1,11-13H2,2-5H3. The van der Waals surface area contributed by atoms with Crippen LogP contribution in [-0.2, 0) is 4.79 Å². The van der Waals surface area contributed by atoms with E-state index in [4.69, 9.17) is 11.6 Å². The van der Waals surface area contributed by atoms with E-state index in [1.165, 1.54) is 10.6 Å². The number of aromatic nitrogens is 3. The Balaban J connectivity index is 1.78. The van der Waals surface area contributed by atoms with Crippen LogP contribution in [0.3, 0.4) is 0 Å². The van der Waals surface area contributed by atoms with Crippen LogP contribution < -0.4 is 10.6 Å². The molecule has 1 N–H and O–H groups in total. The number of phenolic OH excluding ortho intramolecular Hbond substituents is 1. The quantitative estimate of drug-likeness (QED) is 0.256. The lowest BCUT2D eigenvalue weighted by atomic mass is 9.99. The van der Waals surface area contributed by atoms with Gasteiger partial charge in [0, 0.05) is 36.6 Å². The van der Waals surface area contributed by atoms with Gasteiger partial charge in [-0.25, -0.2) is 18.0 Å². The molecule has 1 saturated heterocycles. The Hall–Kier alpha value is -4.03. The molecular formula is C32H29ClF3N5O3S. The Morgan fingerprint density at radius 3 is 2.60 bits per heavy atom. The molecule has 0 bridgehead atoms. The van der Waals surface area contributed by atoms with E-state index in [1.807, 2.05) is 25.7 Å². The van der Waals surface area contributed by atoms with Gasteiger partial charge >= 0.3 is 5.69 Å². The molecule has 8 nitrogen and oxygen atoms in total. The van der Waals surface area contributed by atoms with Crippen molar-refractivity contribution in [3.63, 3.8) is 0 Å². The highest BCUT2D eigenvalue weighted by molar-refractivity contribution is 7.99. The molecule has 1 amide bonds. The van der Waals surface area contributed by atoms with Gasteiger partial charge in [-0.2, -0.15) is 4.98 Å². The van der Waals surface area contributed by atoms with Crippen molar-refractivity contribution >= 4 is 46.0 Å². The van der Waals surface area contributed by atoms with E-state index < -0.39 is 45.0 Å². The van der Waals surface area contributed by atoms with Crippen molar-refractivity contribution in [3.8, 4) is 22.6 Å². The predicted octanol–water partition coefficient (Wildman–Crippen LogP) is 6.35. The fraction of sp³-hybridized carbons (Fsp3) is 0.312. The first-order chi connectivity index (χ1) is 21.4. The number of carbonyl (C=O) groups excluding carboxylic acids is 1. The molecule has 4 heterocycles. The number of pyridine rings is 1. The molecule has 2 aromatic heterocycles. The number of carbonyl (C=O) groups is 1. The van der Waals surface area contributed by atoms with Crippen LogP contribution in [-0.4, -0.2) is 61.4 Å². The van der Waals surface area contributed by atoms with E-state index in [2.05, 4.69) is 16.5 Å². The number of rotatable bonds is 4. The van der Waals surface area contributed by atoms with E-state index in [0.717, 1.165) is 23.9 Å². The first-order valence-electron chi connectivity index (χ1n) is 14.3. The minimum Gasteiger partial charge on any atom is -0.507 e. The number of anilines is 1. The molecule has 13 heteroatoms. The molecule has 0 saturated carbocycles. The lowest BCUT2D eigenvalue weighted by Gasteiger charge is -2.45. The van der Waals surface area contributed by atoms with Gasteiger partial charge in [0.25, 0.3) is 0 Å². The second kappa shape index (κ2) is 11.4. The van der Waals surface area contributed by atoms with Crippen LogP contribution in [0.1, 0.15) is 37.9 Å². The van der Waals surface area contributed by atoms with Crippen LogP contribution in [0, 0.1) is 24.4 Å². The number of hydrogen-bond donors (Lipinski definition) is 1. The Morgan fingerprint density at radius 1 is 1.18 bits per heavy atom. The highest BCUT2D eigenvalue weighted by atomic mass is 35.5. The van der Waals surface area contributed by atoms with Crippen molar-refractivity contribution in [2.45, 2.75) is 50.6 Å². The fourth-order valence-corrected chi connectivity index (χ4v) is 7.80. The molecule has 2 aromatic carbocycles. The van der Waals surface area contributed by atoms with Crippen LogP contribution in [0.2, 0.25) is 5.02 Å². The topological polar surface area (TPSA) is 91.6 Å². The number of amides is 1. The normalized spacial score (nSPS) is 17.9. The summed E-state index contributed by atoms with van der Waals surface area (Å²) in [4.78, 5) is 39.4. The zero-order chi connectivity index (χ0) is 32.5. The van der Waals surface area contributed by atoms with Gasteiger partial charge < -0.3 is 14.9 Å². The minimum atomic E-state index is -1.49. The number of aromatic hydroxyl groups is 1. The summed E-state index contributed by atoms with van der Waals surface area (Å²) in [6, 6.07) is 2.67. The lowest BCUT2D eigenvalue weighted by molar-refractivity contribution is -0.128. The third-order valence-electron chi connectivity index (χ3n) is 8.39. The van der Waals surface area contributed by atoms with Crippen molar-refractivity contribution in [1.82, 2.24) is 19.4 Å². The first kappa shape index (κ1) is 31.0. The van der Waals surface area contributed by atoms with Gasteiger partial charge in [-0.15, -0.1) is 11.8 Å². The van der Waals surface area contributed by atoms with Gasteiger partial charge in [0.2, 0.25) is 5.91 Å². The largest absolute Gasteiger partial charge is 0.507 e. The molecule has 0 spiro atoms. The molecule has 2 atom stereocenters. The molecule has 0 aliphatic carbocycles. The number of benzene rings is 2. The molecule has 2 unspecified atom stereocenters. The van der Waals surface area contributed by atoms with Gasteiger partial charge in [0.15, 0.2) is 11.6 Å². The van der Waals surface area contributed by atoms with Gasteiger partial charge in [-0.1, -0.05) is 32.0 Å². The molecule has 45 heavy (non-hydrogen) atoms. The number of thioether (sulfide) groups is 1. The highest BCUT2D eigenvalue weighted by Gasteiger charge is 2.40. The summed E-state index contributed by atoms with van der Waals surface area (Å²) in [6.45, 7) is 11.6. The maximum Gasteiger partial charge on any atom is 0.354 e. The van der Waals surface area contributed by atoms with Crippen molar-refractivity contribution in [2.24, 2.45) is 0 Å². The number of aryl methyl sites for hydroxylation is 1. The number of hydrogen-bond acceptors (Lipinski definition) is 7. The summed E-state index contributed by atoms with van der Waals surface area (Å²) < 4.78 is 48.0. The summed E-state index contributed by atoms with van der Waals surface area (Å²) in [7, 11) is 0. The highest BCUT2D eigenvalue weighted by Crippen LogP contribution is 2.50. The van der Waals surface area contributed by atoms with E-state index in [1.54, 1.807) is 24.1 Å². The SMILES string of the molecule is C=CC(=O)N1CC2CSc3c(F)c(-c4c(O)ccc(F)c4F)c(Cl)c4c3c(nc(=O)n4-c3c(C)ccnc3C(C)C)N2CC1C. The van der Waals surface area contributed by atoms with Gasteiger partial charge in [0.1, 0.15) is 17.4 Å². The number of nitrogens with zero attached hydrogens (tertiary/aromatic N) is 5. The molecule has 234 valence electrons. The molecule has 4 aromatic rings. The molecule has 1 fully saturated rings. The van der Waals surface area contributed by atoms with Crippen LogP contribution >= 0.6 is 23.4 Å². The smallest absolute Gasteiger partial charge is 0.354 e. The zero-order valence-electron chi connectivity index (χ0n) is 24.9. The number of phenols is 1. The van der Waals surface area contributed by atoms with Gasteiger partial charge in [0.05, 0.1) is 43.8 Å². The van der Waals surface area contributed by atoms with Crippen molar-refractivity contribution in [3.05, 3.63) is 81.3 Å². The van der Waals surface area contributed by atoms with E-state index >= 15 is 8.78 Å². The molecule has 6 rings (SSSR count). The molecule has 2 aliphatic rings. The summed E-state index contributed by atoms with van der Waals surface area (Å²) in [5.41, 5.74) is -0.499. The number of fused-ring (bicyclic) bond motifs is 2. The maximum atomic E-state index is 16.8. The Labute approximate surface area is 266 Å². The minimum absolute atomic E-state index is 0.00000168. The van der Waals surface area contributed by atoms with Crippen LogP contribution in [0.5, 0.6) is 5.75 Å². The third kappa shape index (κ3) is 4.77. The molecule has 2 aliphatic heterocycles. The average Bonchev–Trinajstić information content (AvgIpc) is 3.15. The van der Waals surface area contributed by atoms with Crippen LogP contribution in [0.15, 0.2) is 46.7 Å². The zero-order valence-corrected chi connectivity index (χ0v) is 26.4. The Morgan fingerprint density at radius 2 is 1.91 bits per heavy atom. The number of piperazine rings is 1. The Bertz CT molecular complexity index is 1980. The van der Waals surface area contributed by atoms with E-state index in [9.17, 15) is 19.1 Å². The second-order valence-electron chi connectivity index (χ2n) is 11.5. The van der Waals surface area contributed by atoms with Gasteiger partial charge in [-0.3, -0.25) is 14.3 Å². The maximum absolute atomic E-state index is 16.8. The predicted molar refractivity (Wildman–Crippen MR) is 169 cm³/mol. The summed E-state index contributed by atoms with van der Waals surface area (Å²) in [5.74, 6) is -4.52. The monoisotopic (exact) mass is 655 g/mol. The van der Waals surface area contributed by atoms with Crippen molar-refractivity contribution in [1.29, 1.82) is 0 Å².